The molecule has 0 saturated heterocycles. The molecule has 2 heterocycles. The number of carbonyl (C=O) groups is 1. The van der Waals surface area contributed by atoms with Gasteiger partial charge in [-0.15, -0.1) is 0 Å². The quantitative estimate of drug-likeness (QED) is 0.705. The summed E-state index contributed by atoms with van der Waals surface area (Å²) in [6, 6.07) is 1.21. The van der Waals surface area contributed by atoms with Crippen LogP contribution in [0.25, 0.3) is 11.2 Å². The lowest BCUT2D eigenvalue weighted by molar-refractivity contribution is 0.0542. The van der Waals surface area contributed by atoms with E-state index in [0.717, 1.165) is 10.8 Å². The van der Waals surface area contributed by atoms with Crippen molar-refractivity contribution in [2.24, 2.45) is 0 Å². The van der Waals surface area contributed by atoms with E-state index in [1.54, 1.807) is 20.8 Å². The minimum absolute atomic E-state index is 0.278. The molecule has 0 aliphatic carbocycles. The van der Waals surface area contributed by atoms with Gasteiger partial charge < -0.3 is 4.74 Å². The summed E-state index contributed by atoms with van der Waals surface area (Å²) in [7, 11) is 0. The molecule has 0 aliphatic rings. The zero-order valence-electron chi connectivity index (χ0n) is 9.77. The Kier molecular flexibility index (Phi) is 2.57. The van der Waals surface area contributed by atoms with Gasteiger partial charge in [0.15, 0.2) is 5.65 Å². The summed E-state index contributed by atoms with van der Waals surface area (Å²) in [6.07, 6.45) is 1.72. The van der Waals surface area contributed by atoms with E-state index < -0.39 is 17.5 Å². The molecule has 0 spiro atoms. The third-order valence-corrected chi connectivity index (χ3v) is 1.94. The molecule has 0 saturated carbocycles. The molecule has 0 unspecified atom stereocenters. The third kappa shape index (κ3) is 2.41. The Bertz CT molecular complexity index is 572. The van der Waals surface area contributed by atoms with Crippen molar-refractivity contribution in [2.45, 2.75) is 26.4 Å². The molecule has 2 rings (SSSR count). The highest BCUT2D eigenvalue weighted by atomic mass is 19.1. The van der Waals surface area contributed by atoms with E-state index in [-0.39, 0.29) is 5.65 Å². The summed E-state index contributed by atoms with van der Waals surface area (Å²) >= 11 is 0. The van der Waals surface area contributed by atoms with Crippen molar-refractivity contribution in [1.29, 1.82) is 0 Å². The SMILES string of the molecule is CC(C)(C)OC(=O)n1cnc2cc(F)cnc21. The number of imidazole rings is 1. The zero-order valence-corrected chi connectivity index (χ0v) is 9.77. The number of nitrogens with zero attached hydrogens (tertiary/aromatic N) is 3. The molecule has 0 fully saturated rings. The number of hydrogen-bond acceptors (Lipinski definition) is 4. The second-order valence-corrected chi connectivity index (χ2v) is 4.59. The highest BCUT2D eigenvalue weighted by molar-refractivity contribution is 5.83. The highest BCUT2D eigenvalue weighted by Crippen LogP contribution is 2.14. The van der Waals surface area contributed by atoms with Gasteiger partial charge in [0.05, 0.1) is 6.20 Å². The van der Waals surface area contributed by atoms with Gasteiger partial charge in [-0.3, -0.25) is 0 Å². The smallest absolute Gasteiger partial charge is 0.421 e. The summed E-state index contributed by atoms with van der Waals surface area (Å²) in [4.78, 5) is 19.5. The van der Waals surface area contributed by atoms with Crippen molar-refractivity contribution >= 4 is 17.3 Å². The van der Waals surface area contributed by atoms with E-state index in [2.05, 4.69) is 9.97 Å². The Balaban J connectivity index is 2.40. The maximum atomic E-state index is 12.9. The Morgan fingerprint density at radius 2 is 2.12 bits per heavy atom. The highest BCUT2D eigenvalue weighted by Gasteiger charge is 2.20. The second-order valence-electron chi connectivity index (χ2n) is 4.59. The van der Waals surface area contributed by atoms with Crippen molar-refractivity contribution < 1.29 is 13.9 Å². The minimum Gasteiger partial charge on any atom is -0.443 e. The van der Waals surface area contributed by atoms with Gasteiger partial charge in [0.2, 0.25) is 0 Å². The molecule has 0 aliphatic heterocycles. The van der Waals surface area contributed by atoms with Crippen LogP contribution in [-0.4, -0.2) is 26.2 Å². The number of halogens is 1. The Labute approximate surface area is 97.2 Å². The molecule has 2 aromatic rings. The fourth-order valence-electron chi connectivity index (χ4n) is 1.32. The van der Waals surface area contributed by atoms with Crippen LogP contribution in [0.1, 0.15) is 20.8 Å². The number of pyridine rings is 1. The second kappa shape index (κ2) is 3.80. The molecule has 2 aromatic heterocycles. The normalized spacial score (nSPS) is 11.8. The van der Waals surface area contributed by atoms with Gasteiger partial charge in [-0.25, -0.2) is 23.7 Å². The van der Waals surface area contributed by atoms with E-state index in [9.17, 15) is 9.18 Å². The van der Waals surface area contributed by atoms with Crippen LogP contribution in [0.15, 0.2) is 18.6 Å². The fraction of sp³-hybridized carbons (Fsp3) is 0.364. The summed E-state index contributed by atoms with van der Waals surface area (Å²) in [5.41, 5.74) is -0.00948. The van der Waals surface area contributed by atoms with Crippen molar-refractivity contribution in [3.8, 4) is 0 Å². The first-order valence-corrected chi connectivity index (χ1v) is 5.09. The van der Waals surface area contributed by atoms with Crippen LogP contribution in [-0.2, 0) is 4.74 Å². The summed E-state index contributed by atoms with van der Waals surface area (Å²) in [6.45, 7) is 5.28. The molecule has 17 heavy (non-hydrogen) atoms. The first-order chi connectivity index (χ1) is 7.87. The molecule has 0 aromatic carbocycles. The Morgan fingerprint density at radius 1 is 1.41 bits per heavy atom. The summed E-state index contributed by atoms with van der Waals surface area (Å²) in [5.74, 6) is -0.494. The molecule has 90 valence electrons. The maximum absolute atomic E-state index is 12.9. The fourth-order valence-corrected chi connectivity index (χ4v) is 1.32. The van der Waals surface area contributed by atoms with Crippen LogP contribution >= 0.6 is 0 Å². The zero-order chi connectivity index (χ0) is 12.6. The first-order valence-electron chi connectivity index (χ1n) is 5.09. The predicted octanol–water partition coefficient (Wildman–Crippen LogP) is 2.35. The average molecular weight is 237 g/mol. The van der Waals surface area contributed by atoms with Crippen LogP contribution in [0.2, 0.25) is 0 Å². The lowest BCUT2D eigenvalue weighted by Crippen LogP contribution is -2.26. The van der Waals surface area contributed by atoms with Crippen molar-refractivity contribution in [1.82, 2.24) is 14.5 Å². The van der Waals surface area contributed by atoms with E-state index in [4.69, 9.17) is 4.74 Å². The first kappa shape index (κ1) is 11.5. The van der Waals surface area contributed by atoms with Crippen molar-refractivity contribution in [3.63, 3.8) is 0 Å². The van der Waals surface area contributed by atoms with Crippen molar-refractivity contribution in [2.75, 3.05) is 0 Å². The van der Waals surface area contributed by atoms with Crippen LogP contribution in [0.3, 0.4) is 0 Å². The Hall–Kier alpha value is -1.98. The molecule has 0 atom stereocenters. The van der Waals surface area contributed by atoms with Gasteiger partial charge >= 0.3 is 6.09 Å². The monoisotopic (exact) mass is 237 g/mol. The van der Waals surface area contributed by atoms with Crippen molar-refractivity contribution in [3.05, 3.63) is 24.4 Å². The van der Waals surface area contributed by atoms with Gasteiger partial charge in [-0.1, -0.05) is 0 Å². The van der Waals surface area contributed by atoms with Gasteiger partial charge in [-0.05, 0) is 20.8 Å². The molecule has 5 nitrogen and oxygen atoms in total. The summed E-state index contributed by atoms with van der Waals surface area (Å²) < 4.78 is 19.2. The van der Waals surface area contributed by atoms with E-state index in [1.807, 2.05) is 0 Å². The van der Waals surface area contributed by atoms with Crippen LogP contribution in [0.5, 0.6) is 0 Å². The molecule has 0 radical (unpaired) electrons. The lowest BCUT2D eigenvalue weighted by Gasteiger charge is -2.19. The molecular weight excluding hydrogens is 225 g/mol. The molecule has 6 heteroatoms. The molecular formula is C11H12FN3O2. The third-order valence-electron chi connectivity index (χ3n) is 1.94. The van der Waals surface area contributed by atoms with E-state index in [1.165, 1.54) is 12.4 Å². The largest absolute Gasteiger partial charge is 0.443 e. The number of fused-ring (bicyclic) bond motifs is 1. The number of rotatable bonds is 0. The molecule has 0 bridgehead atoms. The standard InChI is InChI=1S/C11H12FN3O2/c1-11(2,3)17-10(16)15-6-14-8-4-7(12)5-13-9(8)15/h4-6H,1-3H3. The average Bonchev–Trinajstić information content (AvgIpc) is 2.57. The minimum atomic E-state index is -0.603. The molecule has 0 amide bonds. The molecule has 0 N–H and O–H groups in total. The van der Waals surface area contributed by atoms with E-state index in [0.29, 0.717) is 5.52 Å². The van der Waals surface area contributed by atoms with E-state index >= 15 is 0 Å². The maximum Gasteiger partial charge on any atom is 0.421 e. The van der Waals surface area contributed by atoms with Gasteiger partial charge in [0.25, 0.3) is 0 Å². The van der Waals surface area contributed by atoms with Crippen LogP contribution in [0.4, 0.5) is 9.18 Å². The number of hydrogen-bond donors (Lipinski definition) is 0. The van der Waals surface area contributed by atoms with Gasteiger partial charge in [0.1, 0.15) is 23.3 Å². The van der Waals surface area contributed by atoms with Crippen LogP contribution < -0.4 is 0 Å². The Morgan fingerprint density at radius 3 is 2.76 bits per heavy atom. The predicted molar refractivity (Wildman–Crippen MR) is 59.1 cm³/mol. The number of ether oxygens (including phenoxy) is 1. The topological polar surface area (TPSA) is 57.0 Å². The summed E-state index contributed by atoms with van der Waals surface area (Å²) in [5, 5.41) is 0. The lowest BCUT2D eigenvalue weighted by atomic mass is 10.2. The number of aromatic nitrogens is 3. The van der Waals surface area contributed by atoms with Gasteiger partial charge in [-0.2, -0.15) is 0 Å². The van der Waals surface area contributed by atoms with Crippen LogP contribution in [0, 0.1) is 5.82 Å². The number of carbonyl (C=O) groups excluding carboxylic acids is 1. The van der Waals surface area contributed by atoms with Gasteiger partial charge in [0, 0.05) is 6.07 Å².